The number of rotatable bonds is 4. The van der Waals surface area contributed by atoms with Gasteiger partial charge in [0.05, 0.1) is 17.8 Å². The first-order valence-electron chi connectivity index (χ1n) is 4.81. The average molecular weight is 334 g/mol. The van der Waals surface area contributed by atoms with Gasteiger partial charge in [-0.05, 0) is 18.2 Å². The number of amides is 2. The largest absolute Gasteiger partial charge is 0.478 e. The molecule has 0 unspecified atom stereocenters. The van der Waals surface area contributed by atoms with Gasteiger partial charge in [-0.2, -0.15) is 0 Å². The monoisotopic (exact) mass is 332 g/mol. The normalized spacial score (nSPS) is 9.67. The van der Waals surface area contributed by atoms with Crippen molar-refractivity contribution in [2.45, 2.75) is 0 Å². The molecular formula is C11H10BrClN2O3. The van der Waals surface area contributed by atoms with E-state index in [-0.39, 0.29) is 22.8 Å². The number of hydrogen-bond donors (Lipinski definition) is 3. The number of carboxylic acids is 1. The molecule has 0 bridgehead atoms. The number of halogens is 2. The molecule has 96 valence electrons. The third-order valence-electron chi connectivity index (χ3n) is 1.90. The van der Waals surface area contributed by atoms with Gasteiger partial charge in [-0.25, -0.2) is 9.59 Å². The van der Waals surface area contributed by atoms with Crippen molar-refractivity contribution < 1.29 is 14.7 Å². The maximum absolute atomic E-state index is 11.5. The summed E-state index contributed by atoms with van der Waals surface area (Å²) in [4.78, 5) is 22.4. The Bertz CT molecular complexity index is 505. The average Bonchev–Trinajstić information content (AvgIpc) is 2.28. The van der Waals surface area contributed by atoms with E-state index in [1.807, 2.05) is 0 Å². The molecule has 0 atom stereocenters. The van der Waals surface area contributed by atoms with Crippen LogP contribution in [0, 0.1) is 0 Å². The summed E-state index contributed by atoms with van der Waals surface area (Å²) in [5.74, 6) is -1.13. The molecule has 0 saturated heterocycles. The van der Waals surface area contributed by atoms with Crippen LogP contribution in [-0.4, -0.2) is 23.7 Å². The van der Waals surface area contributed by atoms with Crippen molar-refractivity contribution in [3.63, 3.8) is 0 Å². The lowest BCUT2D eigenvalue weighted by Gasteiger charge is -2.09. The first-order valence-corrected chi connectivity index (χ1v) is 5.98. The zero-order valence-corrected chi connectivity index (χ0v) is 11.5. The van der Waals surface area contributed by atoms with E-state index in [2.05, 4.69) is 33.1 Å². The van der Waals surface area contributed by atoms with Crippen molar-refractivity contribution in [2.75, 3.05) is 11.9 Å². The quantitative estimate of drug-likeness (QED) is 0.792. The topological polar surface area (TPSA) is 78.4 Å². The number of anilines is 1. The Hall–Kier alpha value is -1.53. The van der Waals surface area contributed by atoms with Gasteiger partial charge in [0.25, 0.3) is 0 Å². The van der Waals surface area contributed by atoms with Crippen LogP contribution in [0.2, 0.25) is 0 Å². The van der Waals surface area contributed by atoms with Crippen LogP contribution in [0.4, 0.5) is 10.5 Å². The van der Waals surface area contributed by atoms with E-state index >= 15 is 0 Å². The van der Waals surface area contributed by atoms with Crippen LogP contribution < -0.4 is 10.6 Å². The van der Waals surface area contributed by atoms with Crippen molar-refractivity contribution in [1.82, 2.24) is 5.32 Å². The first-order chi connectivity index (χ1) is 8.40. The molecule has 1 aromatic rings. The van der Waals surface area contributed by atoms with Gasteiger partial charge in [-0.3, -0.25) is 0 Å². The number of aromatic carboxylic acids is 1. The maximum atomic E-state index is 11.5. The predicted octanol–water partition coefficient (Wildman–Crippen LogP) is 3.02. The van der Waals surface area contributed by atoms with Gasteiger partial charge in [-0.1, -0.05) is 34.1 Å². The van der Waals surface area contributed by atoms with Gasteiger partial charge in [0.1, 0.15) is 0 Å². The molecule has 0 radical (unpaired) electrons. The lowest BCUT2D eigenvalue weighted by Crippen LogP contribution is -2.30. The number of benzene rings is 1. The molecular weight excluding hydrogens is 323 g/mol. The minimum Gasteiger partial charge on any atom is -0.478 e. The molecule has 3 N–H and O–H groups in total. The van der Waals surface area contributed by atoms with E-state index in [0.717, 1.165) is 0 Å². The molecule has 0 aliphatic heterocycles. The molecule has 1 aromatic carbocycles. The van der Waals surface area contributed by atoms with Crippen LogP contribution in [0.5, 0.6) is 0 Å². The van der Waals surface area contributed by atoms with E-state index in [9.17, 15) is 9.59 Å². The minimum absolute atomic E-state index is 0.00998. The highest BCUT2D eigenvalue weighted by Crippen LogP contribution is 2.21. The van der Waals surface area contributed by atoms with Crippen LogP contribution >= 0.6 is 27.5 Å². The van der Waals surface area contributed by atoms with E-state index in [4.69, 9.17) is 16.7 Å². The summed E-state index contributed by atoms with van der Waals surface area (Å²) < 4.78 is 0.611. The van der Waals surface area contributed by atoms with Crippen molar-refractivity contribution in [2.24, 2.45) is 0 Å². The summed E-state index contributed by atoms with van der Waals surface area (Å²) in [5.41, 5.74) is 0.188. The van der Waals surface area contributed by atoms with Gasteiger partial charge in [0, 0.05) is 9.51 Å². The Balaban J connectivity index is 2.81. The molecule has 18 heavy (non-hydrogen) atoms. The van der Waals surface area contributed by atoms with Crippen molar-refractivity contribution >= 4 is 45.2 Å². The van der Waals surface area contributed by atoms with Crippen LogP contribution in [0.3, 0.4) is 0 Å². The first kappa shape index (κ1) is 14.5. The van der Waals surface area contributed by atoms with Crippen molar-refractivity contribution in [3.8, 4) is 0 Å². The Kier molecular flexibility index (Phi) is 5.18. The number of hydrogen-bond acceptors (Lipinski definition) is 2. The smallest absolute Gasteiger partial charge is 0.337 e. The van der Waals surface area contributed by atoms with Crippen LogP contribution in [0.1, 0.15) is 10.4 Å². The predicted molar refractivity (Wildman–Crippen MR) is 73.1 cm³/mol. The fourth-order valence-corrected chi connectivity index (χ4v) is 1.57. The van der Waals surface area contributed by atoms with E-state index in [1.165, 1.54) is 12.1 Å². The van der Waals surface area contributed by atoms with E-state index in [0.29, 0.717) is 4.47 Å². The molecule has 2 amide bonds. The van der Waals surface area contributed by atoms with E-state index in [1.54, 1.807) is 6.07 Å². The summed E-state index contributed by atoms with van der Waals surface area (Å²) in [6, 6.07) is 3.96. The molecule has 0 aliphatic carbocycles. The fourth-order valence-electron chi connectivity index (χ4n) is 1.15. The lowest BCUT2D eigenvalue weighted by molar-refractivity contribution is 0.0698. The highest BCUT2D eigenvalue weighted by molar-refractivity contribution is 9.10. The molecule has 0 fully saturated rings. The molecule has 5 nitrogen and oxygen atoms in total. The van der Waals surface area contributed by atoms with Crippen LogP contribution in [-0.2, 0) is 0 Å². The Labute approximate surface area is 117 Å². The maximum Gasteiger partial charge on any atom is 0.337 e. The number of carboxylic acid groups (broad SMARTS) is 1. The van der Waals surface area contributed by atoms with Crippen LogP contribution in [0.25, 0.3) is 0 Å². The molecule has 0 aromatic heterocycles. The number of nitrogens with one attached hydrogen (secondary N) is 2. The Morgan fingerprint density at radius 1 is 1.44 bits per heavy atom. The van der Waals surface area contributed by atoms with Crippen molar-refractivity contribution in [3.05, 3.63) is 39.8 Å². The molecule has 0 spiro atoms. The van der Waals surface area contributed by atoms with Gasteiger partial charge in [-0.15, -0.1) is 0 Å². The second-order valence-electron chi connectivity index (χ2n) is 3.32. The van der Waals surface area contributed by atoms with Crippen molar-refractivity contribution in [1.29, 1.82) is 0 Å². The lowest BCUT2D eigenvalue weighted by atomic mass is 10.2. The second kappa shape index (κ2) is 6.42. The van der Waals surface area contributed by atoms with E-state index < -0.39 is 12.0 Å². The van der Waals surface area contributed by atoms with Crippen LogP contribution in [0.15, 0.2) is 34.3 Å². The summed E-state index contributed by atoms with van der Waals surface area (Å²) in [5, 5.41) is 14.1. The summed E-state index contributed by atoms with van der Waals surface area (Å²) in [6.45, 7) is 3.52. The van der Waals surface area contributed by atoms with Gasteiger partial charge in [0.15, 0.2) is 0 Å². The minimum atomic E-state index is -1.13. The zero-order valence-electron chi connectivity index (χ0n) is 9.17. The van der Waals surface area contributed by atoms with Gasteiger partial charge in [0.2, 0.25) is 0 Å². The number of urea groups is 1. The fraction of sp³-hybridized carbons (Fsp3) is 0.0909. The zero-order chi connectivity index (χ0) is 13.7. The molecule has 0 saturated carbocycles. The van der Waals surface area contributed by atoms with Gasteiger partial charge < -0.3 is 15.7 Å². The van der Waals surface area contributed by atoms with Gasteiger partial charge >= 0.3 is 12.0 Å². The summed E-state index contributed by atoms with van der Waals surface area (Å²) >= 11 is 8.65. The number of carbonyl (C=O) groups excluding carboxylic acids is 1. The second-order valence-corrected chi connectivity index (χ2v) is 4.77. The highest BCUT2D eigenvalue weighted by Gasteiger charge is 2.12. The Morgan fingerprint density at radius 3 is 2.67 bits per heavy atom. The summed E-state index contributed by atoms with van der Waals surface area (Å²) in [7, 11) is 0. The summed E-state index contributed by atoms with van der Waals surface area (Å²) in [6.07, 6.45) is 0. The third-order valence-corrected chi connectivity index (χ3v) is 2.53. The standard InChI is InChI=1S/C11H10BrClN2O3/c1-6(13)5-14-11(18)15-9-3-2-7(12)4-8(9)10(16)17/h2-4H,1,5H2,(H,16,17)(H2,14,15,18). The Morgan fingerprint density at radius 2 is 2.11 bits per heavy atom. The molecule has 1 rings (SSSR count). The molecule has 0 heterocycles. The molecule has 7 heteroatoms. The molecule has 0 aliphatic rings. The SMILES string of the molecule is C=C(Cl)CNC(=O)Nc1ccc(Br)cc1C(=O)O. The highest BCUT2D eigenvalue weighted by atomic mass is 79.9. The number of carbonyl (C=O) groups is 2. The third kappa shape index (κ3) is 4.38.